The van der Waals surface area contributed by atoms with E-state index >= 15 is 0 Å². The van der Waals surface area contributed by atoms with Crippen LogP contribution in [0.3, 0.4) is 0 Å². The topological polar surface area (TPSA) is 82.4 Å². The standard InChI is InChI=1S/C20H13F5N4O3S2/c1-28-16(31)13-8(6-33-17(13)29(2)19(28)32)5-12(30)27-18-26-11(7-34-18)9-3-4-10(21)14(15(9)22)20(23,24)25/h3-4,6-7,13H,5H2,1-2H3/p+1. The van der Waals surface area contributed by atoms with Crippen molar-refractivity contribution in [1.29, 1.82) is 0 Å². The zero-order chi connectivity index (χ0) is 24.9. The molecule has 0 saturated carbocycles. The van der Waals surface area contributed by atoms with Gasteiger partial charge in [-0.2, -0.15) is 27.4 Å². The number of alkyl halides is 3. The molecule has 7 nitrogen and oxygen atoms in total. The number of imide groups is 1. The quantitative estimate of drug-likeness (QED) is 0.483. The van der Waals surface area contributed by atoms with Crippen LogP contribution in [0.1, 0.15) is 12.0 Å². The number of nitrogens with zero attached hydrogens (tertiary/aromatic N) is 3. The van der Waals surface area contributed by atoms with Gasteiger partial charge in [-0.15, -0.1) is 11.3 Å². The number of hydrogen-bond donors (Lipinski definition) is 1. The van der Waals surface area contributed by atoms with Crippen molar-refractivity contribution in [3.63, 3.8) is 0 Å². The first-order valence-corrected chi connectivity index (χ1v) is 11.2. The Kier molecular flexibility index (Phi) is 6.06. The van der Waals surface area contributed by atoms with Crippen LogP contribution in [-0.4, -0.2) is 51.4 Å². The number of amides is 4. The number of anilines is 1. The smallest absolute Gasteiger partial charge is 0.302 e. The summed E-state index contributed by atoms with van der Waals surface area (Å²) < 4.78 is 68.2. The number of carbonyl (C=O) groups is 3. The molecule has 4 rings (SSSR count). The minimum Gasteiger partial charge on any atom is -0.302 e. The number of benzene rings is 1. The van der Waals surface area contributed by atoms with Gasteiger partial charge < -0.3 is 5.32 Å². The number of aromatic nitrogens is 1. The van der Waals surface area contributed by atoms with Gasteiger partial charge in [-0.1, -0.05) is 11.8 Å². The largest absolute Gasteiger partial charge is 0.500 e. The second-order valence-corrected chi connectivity index (χ2v) is 9.11. The minimum absolute atomic E-state index is 0.0212. The highest BCUT2D eigenvalue weighted by molar-refractivity contribution is 8.16. The van der Waals surface area contributed by atoms with E-state index in [1.165, 1.54) is 24.1 Å². The third kappa shape index (κ3) is 4.11. The van der Waals surface area contributed by atoms with Crippen molar-refractivity contribution in [3.8, 4) is 11.3 Å². The van der Waals surface area contributed by atoms with Gasteiger partial charge in [-0.3, -0.25) is 4.79 Å². The van der Waals surface area contributed by atoms with Crippen LogP contribution in [0.5, 0.6) is 0 Å². The van der Waals surface area contributed by atoms with Crippen LogP contribution >= 0.6 is 23.1 Å². The van der Waals surface area contributed by atoms with E-state index < -0.39 is 52.7 Å². The Morgan fingerprint density at radius 2 is 1.97 bits per heavy atom. The van der Waals surface area contributed by atoms with Gasteiger partial charge in [-0.05, 0) is 23.1 Å². The van der Waals surface area contributed by atoms with Gasteiger partial charge in [0, 0.05) is 10.9 Å². The van der Waals surface area contributed by atoms with Crippen LogP contribution in [0.4, 0.5) is 31.9 Å². The molecule has 1 N–H and O–H groups in total. The maximum atomic E-state index is 14.4. The first-order valence-electron chi connectivity index (χ1n) is 9.48. The van der Waals surface area contributed by atoms with E-state index in [1.807, 2.05) is 0 Å². The lowest BCUT2D eigenvalue weighted by atomic mass is 9.96. The average molecular weight is 517 g/mol. The fourth-order valence-electron chi connectivity index (χ4n) is 3.53. The van der Waals surface area contributed by atoms with Crippen LogP contribution in [-0.2, 0) is 15.8 Å². The maximum absolute atomic E-state index is 14.4. The summed E-state index contributed by atoms with van der Waals surface area (Å²) in [4.78, 5) is 42.0. The highest BCUT2D eigenvalue weighted by Crippen LogP contribution is 2.39. The van der Waals surface area contributed by atoms with Crippen molar-refractivity contribution in [2.75, 3.05) is 19.4 Å². The Bertz CT molecular complexity index is 1300. The number of halogens is 5. The summed E-state index contributed by atoms with van der Waals surface area (Å²) in [6.07, 6.45) is -5.44. The van der Waals surface area contributed by atoms with E-state index in [9.17, 15) is 36.3 Å². The van der Waals surface area contributed by atoms with Gasteiger partial charge in [0.15, 0.2) is 16.1 Å². The fourth-order valence-corrected chi connectivity index (χ4v) is 5.38. The molecule has 3 heterocycles. The molecule has 1 atom stereocenters. The van der Waals surface area contributed by atoms with Crippen LogP contribution in [0.15, 0.2) is 28.5 Å². The summed E-state index contributed by atoms with van der Waals surface area (Å²) in [5.41, 5.74) is -2.33. The summed E-state index contributed by atoms with van der Waals surface area (Å²) in [7, 11) is 2.86. The molecule has 2 aromatic rings. The van der Waals surface area contributed by atoms with Crippen molar-refractivity contribution < 1.29 is 40.9 Å². The molecule has 0 aliphatic carbocycles. The molecule has 2 aliphatic rings. The fraction of sp³-hybridized carbons (Fsp3) is 0.250. The predicted octanol–water partition coefficient (Wildman–Crippen LogP) is 4.32. The molecule has 0 bridgehead atoms. The van der Waals surface area contributed by atoms with Crippen LogP contribution in [0.25, 0.3) is 11.3 Å². The van der Waals surface area contributed by atoms with Crippen LogP contribution in [0, 0.1) is 17.6 Å². The van der Waals surface area contributed by atoms with Gasteiger partial charge in [0.2, 0.25) is 5.91 Å². The molecule has 0 fully saturated rings. The third-order valence-electron chi connectivity index (χ3n) is 5.20. The Morgan fingerprint density at radius 1 is 1.26 bits per heavy atom. The predicted molar refractivity (Wildman–Crippen MR) is 114 cm³/mol. The van der Waals surface area contributed by atoms with Crippen molar-refractivity contribution in [1.82, 2.24) is 9.88 Å². The highest BCUT2D eigenvalue weighted by Gasteiger charge is 2.49. The SMILES string of the molecule is CN1C(=O)C2C(CC(=O)Nc3nc(-c4ccc(F)c(C(F)(F)F)c4F)cs3)=CSC2=[N+](C)C1=O. The van der Waals surface area contributed by atoms with Crippen LogP contribution in [0.2, 0.25) is 0 Å². The number of thioether (sulfide) groups is 1. The molecule has 0 spiro atoms. The van der Waals surface area contributed by atoms with E-state index in [1.54, 1.807) is 5.41 Å². The van der Waals surface area contributed by atoms with E-state index in [2.05, 4.69) is 10.3 Å². The average Bonchev–Trinajstić information content (AvgIpc) is 3.37. The van der Waals surface area contributed by atoms with Gasteiger partial charge in [0.25, 0.3) is 0 Å². The molecule has 1 aromatic carbocycles. The first kappa shape index (κ1) is 24.0. The summed E-state index contributed by atoms with van der Waals surface area (Å²) in [5.74, 6) is -5.35. The minimum atomic E-state index is -5.23. The third-order valence-corrected chi connectivity index (χ3v) is 7.13. The van der Waals surface area contributed by atoms with Gasteiger partial charge in [-0.25, -0.2) is 18.6 Å². The van der Waals surface area contributed by atoms with Crippen molar-refractivity contribution in [2.24, 2.45) is 5.92 Å². The number of hydrogen-bond acceptors (Lipinski definition) is 6. The van der Waals surface area contributed by atoms with Crippen molar-refractivity contribution >= 4 is 51.1 Å². The highest BCUT2D eigenvalue weighted by atomic mass is 32.2. The molecule has 0 radical (unpaired) electrons. The maximum Gasteiger partial charge on any atom is 0.500 e. The Morgan fingerprint density at radius 3 is 2.65 bits per heavy atom. The molecular formula is C20H14F5N4O3S2+. The summed E-state index contributed by atoms with van der Waals surface area (Å²) >= 11 is 2.00. The van der Waals surface area contributed by atoms with Gasteiger partial charge in [0.1, 0.15) is 17.2 Å². The van der Waals surface area contributed by atoms with Crippen molar-refractivity contribution in [2.45, 2.75) is 12.6 Å². The number of carbonyl (C=O) groups excluding carboxylic acids is 3. The lowest BCUT2D eigenvalue weighted by Crippen LogP contribution is -2.50. The second-order valence-electron chi connectivity index (χ2n) is 7.37. The zero-order valence-corrected chi connectivity index (χ0v) is 19.0. The van der Waals surface area contributed by atoms with E-state index in [-0.39, 0.29) is 17.2 Å². The number of rotatable bonds is 4. The molecule has 178 valence electrons. The summed E-state index contributed by atoms with van der Waals surface area (Å²) in [6, 6.07) is 0.846. The molecule has 4 amide bonds. The molecular weight excluding hydrogens is 503 g/mol. The Labute approximate surface area is 197 Å². The molecule has 14 heteroatoms. The second kappa shape index (κ2) is 8.58. The van der Waals surface area contributed by atoms with E-state index in [4.69, 9.17) is 0 Å². The number of thiazole rings is 1. The lowest BCUT2D eigenvalue weighted by molar-refractivity contribution is -0.403. The lowest BCUT2D eigenvalue weighted by Gasteiger charge is -2.21. The first-order chi connectivity index (χ1) is 15.9. The van der Waals surface area contributed by atoms with Gasteiger partial charge >= 0.3 is 18.1 Å². The number of nitrogens with one attached hydrogen (secondary N) is 1. The summed E-state index contributed by atoms with van der Waals surface area (Å²) in [5, 5.41) is 5.76. The zero-order valence-electron chi connectivity index (χ0n) is 17.4. The van der Waals surface area contributed by atoms with Crippen LogP contribution < -0.4 is 5.32 Å². The normalized spacial score (nSPS) is 18.4. The molecule has 0 saturated heterocycles. The molecule has 34 heavy (non-hydrogen) atoms. The number of urea groups is 1. The van der Waals surface area contributed by atoms with E-state index in [0.717, 1.165) is 34.1 Å². The van der Waals surface area contributed by atoms with Crippen molar-refractivity contribution in [3.05, 3.63) is 45.7 Å². The Balaban J connectivity index is 1.51. The Hall–Kier alpha value is -3.13. The molecule has 1 aromatic heterocycles. The monoisotopic (exact) mass is 517 g/mol. The molecule has 2 aliphatic heterocycles. The summed E-state index contributed by atoms with van der Waals surface area (Å²) in [6.45, 7) is 0. The molecule has 1 unspecified atom stereocenters. The van der Waals surface area contributed by atoms with E-state index in [0.29, 0.717) is 16.7 Å². The number of fused-ring (bicyclic) bond motifs is 1. The van der Waals surface area contributed by atoms with Gasteiger partial charge in [0.05, 0.1) is 26.2 Å².